The molecule has 1 fully saturated rings. The van der Waals surface area contributed by atoms with Gasteiger partial charge in [-0.1, -0.05) is 32.0 Å². The first kappa shape index (κ1) is 29.2. The predicted octanol–water partition coefficient (Wildman–Crippen LogP) is 0.229. The van der Waals surface area contributed by atoms with Crippen molar-refractivity contribution < 1.29 is 48.7 Å². The fraction of sp³-hybridized carbons (Fsp3) is 0.565. The van der Waals surface area contributed by atoms with Gasteiger partial charge in [-0.2, -0.15) is 0 Å². The van der Waals surface area contributed by atoms with Gasteiger partial charge in [0.15, 0.2) is 6.29 Å². The number of aliphatic hydroxyl groups is 3. The molecular weight excluding hydrogens is 509 g/mol. The molecule has 1 aliphatic heterocycles. The van der Waals surface area contributed by atoms with Gasteiger partial charge in [0, 0.05) is 23.5 Å². The molecule has 8 N–H and O–H groups in total. The van der Waals surface area contributed by atoms with Crippen molar-refractivity contribution in [2.75, 3.05) is 0 Å². The number of H-pyrrole nitrogens is 1. The van der Waals surface area contributed by atoms with Crippen molar-refractivity contribution >= 4 is 30.5 Å². The minimum atomic E-state index is -4.83. The van der Waals surface area contributed by atoms with Gasteiger partial charge < -0.3 is 40.4 Å². The Morgan fingerprint density at radius 1 is 1.14 bits per heavy atom. The highest BCUT2D eigenvalue weighted by Gasteiger charge is 2.45. The van der Waals surface area contributed by atoms with E-state index >= 15 is 0 Å². The zero-order valence-electron chi connectivity index (χ0n) is 20.6. The molecule has 0 aliphatic carbocycles. The smallest absolute Gasteiger partial charge is 0.406 e. The topological polar surface area (TPSA) is 211 Å². The van der Waals surface area contributed by atoms with Gasteiger partial charge in [0.25, 0.3) is 0 Å². The van der Waals surface area contributed by atoms with Crippen molar-refractivity contribution in [2.24, 2.45) is 5.92 Å². The predicted molar refractivity (Wildman–Crippen MR) is 131 cm³/mol. The average molecular weight is 544 g/mol. The number of carboxylic acids is 1. The fourth-order valence-electron chi connectivity index (χ4n) is 4.15. The number of aromatic amines is 1. The van der Waals surface area contributed by atoms with E-state index < -0.39 is 62.4 Å². The molecule has 2 aromatic rings. The third kappa shape index (κ3) is 7.37. The van der Waals surface area contributed by atoms with Crippen LogP contribution < -0.4 is 10.4 Å². The Kier molecular flexibility index (Phi) is 9.48. The molecule has 206 valence electrons. The number of nitrogens with one attached hydrogen (secondary N) is 3. The maximum Gasteiger partial charge on any atom is 0.406 e. The van der Waals surface area contributed by atoms with E-state index in [1.165, 1.54) is 6.92 Å². The lowest BCUT2D eigenvalue weighted by Crippen LogP contribution is -2.57. The molecule has 0 bridgehead atoms. The van der Waals surface area contributed by atoms with Gasteiger partial charge in [-0.3, -0.25) is 9.32 Å². The van der Waals surface area contributed by atoms with Crippen molar-refractivity contribution in [3.8, 4) is 0 Å². The molecule has 1 aromatic heterocycles. The van der Waals surface area contributed by atoms with Crippen molar-refractivity contribution in [1.29, 1.82) is 0 Å². The van der Waals surface area contributed by atoms with E-state index in [0.717, 1.165) is 10.9 Å². The Balaban J connectivity index is 1.72. The first-order valence-corrected chi connectivity index (χ1v) is 13.4. The van der Waals surface area contributed by atoms with Crippen molar-refractivity contribution in [3.63, 3.8) is 0 Å². The number of hydrogen-bond donors (Lipinski definition) is 8. The molecule has 0 spiro atoms. The first-order valence-electron chi connectivity index (χ1n) is 11.9. The van der Waals surface area contributed by atoms with E-state index in [1.807, 2.05) is 24.3 Å². The summed E-state index contributed by atoms with van der Waals surface area (Å²) in [6, 6.07) is 4.63. The molecule has 0 radical (unpaired) electrons. The number of aromatic nitrogens is 1. The number of amides is 1. The van der Waals surface area contributed by atoms with Gasteiger partial charge in [-0.05, 0) is 30.9 Å². The Morgan fingerprint density at radius 3 is 2.46 bits per heavy atom. The summed E-state index contributed by atoms with van der Waals surface area (Å²) in [5.41, 5.74) is 1.48. The van der Waals surface area contributed by atoms with E-state index in [1.54, 1.807) is 20.0 Å². The number of para-hydroxylation sites is 1. The number of aliphatic carboxylic acids is 1. The lowest BCUT2D eigenvalue weighted by molar-refractivity contribution is -0.270. The Morgan fingerprint density at radius 2 is 1.81 bits per heavy atom. The second kappa shape index (κ2) is 12.0. The molecule has 37 heavy (non-hydrogen) atoms. The number of rotatable bonds is 11. The van der Waals surface area contributed by atoms with Crippen LogP contribution in [-0.4, -0.2) is 85.0 Å². The number of ether oxygens (including phenoxy) is 1. The van der Waals surface area contributed by atoms with E-state index in [4.69, 9.17) is 9.26 Å². The van der Waals surface area contributed by atoms with Crippen LogP contribution in [0.4, 0.5) is 0 Å². The van der Waals surface area contributed by atoms with Crippen LogP contribution in [0.3, 0.4) is 0 Å². The quantitative estimate of drug-likeness (QED) is 0.180. The maximum absolute atomic E-state index is 13.1. The first-order chi connectivity index (χ1) is 17.3. The Labute approximate surface area is 213 Å². The summed E-state index contributed by atoms with van der Waals surface area (Å²) in [5.74, 6) is -2.27. The highest BCUT2D eigenvalue weighted by molar-refractivity contribution is 7.50. The lowest BCUT2D eigenvalue weighted by Gasteiger charge is -2.39. The normalized spacial score (nSPS) is 27.5. The molecule has 0 saturated carbocycles. The summed E-state index contributed by atoms with van der Waals surface area (Å²) in [6.07, 6.45) is -6.08. The van der Waals surface area contributed by atoms with Crippen LogP contribution in [0.5, 0.6) is 0 Å². The molecule has 14 heteroatoms. The van der Waals surface area contributed by atoms with Crippen molar-refractivity contribution in [3.05, 3.63) is 36.0 Å². The van der Waals surface area contributed by atoms with Gasteiger partial charge in [0.2, 0.25) is 5.91 Å². The molecule has 2 heterocycles. The third-order valence-electron chi connectivity index (χ3n) is 6.11. The van der Waals surface area contributed by atoms with Crippen LogP contribution in [0.1, 0.15) is 32.8 Å². The molecule has 13 nitrogen and oxygen atoms in total. The number of carboxylic acid groups (broad SMARTS) is 1. The maximum atomic E-state index is 13.1. The molecular formula is C23H34N3O10P. The van der Waals surface area contributed by atoms with E-state index in [9.17, 15) is 39.5 Å². The van der Waals surface area contributed by atoms with Gasteiger partial charge in [-0.15, -0.1) is 0 Å². The summed E-state index contributed by atoms with van der Waals surface area (Å²) in [7, 11) is -4.83. The average Bonchev–Trinajstić information content (AvgIpc) is 3.22. The molecule has 3 rings (SSSR count). The van der Waals surface area contributed by atoms with Crippen LogP contribution in [0.15, 0.2) is 30.5 Å². The largest absolute Gasteiger partial charge is 0.480 e. The van der Waals surface area contributed by atoms with Crippen LogP contribution in [0, 0.1) is 5.92 Å². The zero-order chi connectivity index (χ0) is 27.5. The van der Waals surface area contributed by atoms with Crippen LogP contribution >= 0.6 is 7.75 Å². The summed E-state index contributed by atoms with van der Waals surface area (Å²) in [4.78, 5) is 38.5. The van der Waals surface area contributed by atoms with Gasteiger partial charge in [0.1, 0.15) is 24.4 Å². The van der Waals surface area contributed by atoms with E-state index in [0.29, 0.717) is 5.56 Å². The molecule has 1 aliphatic rings. The summed E-state index contributed by atoms with van der Waals surface area (Å²) in [6.45, 7) is 4.90. The fourth-order valence-corrected chi connectivity index (χ4v) is 5.28. The molecule has 1 saturated heterocycles. The molecule has 8 atom stereocenters. The van der Waals surface area contributed by atoms with Crippen LogP contribution in [0.25, 0.3) is 10.9 Å². The minimum Gasteiger partial charge on any atom is -0.480 e. The van der Waals surface area contributed by atoms with Crippen molar-refractivity contribution in [1.82, 2.24) is 15.4 Å². The molecule has 1 unspecified atom stereocenters. The molecule has 1 amide bonds. The second-order valence-corrected chi connectivity index (χ2v) is 11.1. The Hall–Kier alpha value is -2.35. The Bertz CT molecular complexity index is 1140. The van der Waals surface area contributed by atoms with Gasteiger partial charge in [0.05, 0.1) is 12.1 Å². The zero-order valence-corrected chi connectivity index (χ0v) is 21.5. The number of fused-ring (bicyclic) bond motifs is 1. The summed E-state index contributed by atoms with van der Waals surface area (Å²) >= 11 is 0. The van der Waals surface area contributed by atoms with E-state index in [-0.39, 0.29) is 18.8 Å². The third-order valence-corrected chi connectivity index (χ3v) is 7.24. The van der Waals surface area contributed by atoms with Crippen LogP contribution in [0.2, 0.25) is 0 Å². The number of carbonyl (C=O) groups excluding carboxylic acids is 1. The highest BCUT2D eigenvalue weighted by atomic mass is 31.2. The van der Waals surface area contributed by atoms with Gasteiger partial charge in [-0.25, -0.2) is 14.4 Å². The van der Waals surface area contributed by atoms with Crippen molar-refractivity contribution in [2.45, 2.75) is 76.4 Å². The SMILES string of the molecule is CC(C)C[C@H](NP(=O)(O)O[C@@H]1O[C@H](C)[C@H](O)[C@H](O)[C@H]1O)C(=O)N[C@@H](Cc1c[nH]c2ccccc12)C(=O)O. The number of benzene rings is 1. The lowest BCUT2D eigenvalue weighted by atomic mass is 10.0. The molecule has 1 aromatic carbocycles. The van der Waals surface area contributed by atoms with Crippen LogP contribution in [-0.2, 0) is 29.8 Å². The number of hydrogen-bond acceptors (Lipinski definition) is 8. The standard InChI is InChI=1S/C23H34N3O10P/c1-11(2)8-16(26-37(33,34)36-23-20(29)19(28)18(27)12(3)35-23)21(30)25-17(22(31)32)9-13-10-24-15-7-5-4-6-14(13)15/h4-7,10-12,16-20,23-24,27-29H,8-9H2,1-3H3,(H,25,30)(H,31,32)(H2,26,33,34)/t12-,16+,17+,18+,19+,20-,23+/m1/s1. The minimum absolute atomic E-state index is 0.0347. The summed E-state index contributed by atoms with van der Waals surface area (Å²) < 4.78 is 23.0. The monoisotopic (exact) mass is 543 g/mol. The summed E-state index contributed by atoms with van der Waals surface area (Å²) in [5, 5.41) is 45.0. The number of carbonyl (C=O) groups is 2. The van der Waals surface area contributed by atoms with Gasteiger partial charge >= 0.3 is 13.7 Å². The number of aliphatic hydroxyl groups excluding tert-OH is 3. The second-order valence-electron chi connectivity index (χ2n) is 9.58. The highest BCUT2D eigenvalue weighted by Crippen LogP contribution is 2.42. The van der Waals surface area contributed by atoms with E-state index in [2.05, 4.69) is 15.4 Å².